The average Bonchev–Trinajstić information content (AvgIpc) is 2.48. The number of piperidine rings is 1. The van der Waals surface area contributed by atoms with Gasteiger partial charge in [-0.1, -0.05) is 13.3 Å². The van der Waals surface area contributed by atoms with Crippen molar-refractivity contribution in [1.82, 2.24) is 4.90 Å². The highest BCUT2D eigenvalue weighted by molar-refractivity contribution is 5.88. The van der Waals surface area contributed by atoms with E-state index in [1.807, 2.05) is 0 Å². The normalized spacial score (nSPS) is 17.1. The first-order valence-electron chi connectivity index (χ1n) is 7.26. The number of ether oxygens (including phenoxy) is 1. The summed E-state index contributed by atoms with van der Waals surface area (Å²) in [6, 6.07) is 5.07. The van der Waals surface area contributed by atoms with Gasteiger partial charge in [0.05, 0.1) is 12.7 Å². The van der Waals surface area contributed by atoms with E-state index in [0.717, 1.165) is 36.9 Å². The quantitative estimate of drug-likeness (QED) is 0.899. The lowest BCUT2D eigenvalue weighted by Gasteiger charge is -2.31. The molecular formula is C16H23NO3. The second-order valence-corrected chi connectivity index (χ2v) is 5.46. The van der Waals surface area contributed by atoms with Gasteiger partial charge in [-0.25, -0.2) is 4.79 Å². The number of nitrogens with zero attached hydrogens (tertiary/aromatic N) is 1. The molecule has 1 aliphatic heterocycles. The van der Waals surface area contributed by atoms with Gasteiger partial charge >= 0.3 is 5.97 Å². The Morgan fingerprint density at radius 2 is 2.10 bits per heavy atom. The largest absolute Gasteiger partial charge is 0.496 e. The van der Waals surface area contributed by atoms with E-state index in [1.54, 1.807) is 25.3 Å². The molecule has 0 saturated carbocycles. The van der Waals surface area contributed by atoms with Crippen LogP contribution in [0.1, 0.15) is 42.1 Å². The zero-order chi connectivity index (χ0) is 14.5. The van der Waals surface area contributed by atoms with E-state index in [-0.39, 0.29) is 0 Å². The minimum Gasteiger partial charge on any atom is -0.496 e. The Balaban J connectivity index is 2.08. The Morgan fingerprint density at radius 1 is 1.40 bits per heavy atom. The Morgan fingerprint density at radius 3 is 2.65 bits per heavy atom. The molecule has 1 aromatic rings. The summed E-state index contributed by atoms with van der Waals surface area (Å²) in [5.41, 5.74) is 1.28. The Bertz CT molecular complexity index is 465. The SMILES string of the molecule is CCC1CCN(Cc2cc(C(=O)O)ccc2OC)CC1. The minimum atomic E-state index is -0.890. The van der Waals surface area contributed by atoms with Crippen LogP contribution >= 0.6 is 0 Å². The highest BCUT2D eigenvalue weighted by Crippen LogP contribution is 2.25. The van der Waals surface area contributed by atoms with E-state index >= 15 is 0 Å². The van der Waals surface area contributed by atoms with Crippen molar-refractivity contribution in [1.29, 1.82) is 0 Å². The van der Waals surface area contributed by atoms with E-state index in [1.165, 1.54) is 19.3 Å². The molecule has 1 aliphatic rings. The third kappa shape index (κ3) is 3.51. The summed E-state index contributed by atoms with van der Waals surface area (Å²) in [7, 11) is 1.63. The van der Waals surface area contributed by atoms with Gasteiger partial charge < -0.3 is 9.84 Å². The summed E-state index contributed by atoms with van der Waals surface area (Å²) in [4.78, 5) is 13.5. The molecule has 0 unspecified atom stereocenters. The molecule has 0 radical (unpaired) electrons. The molecule has 1 aromatic carbocycles. The monoisotopic (exact) mass is 277 g/mol. The van der Waals surface area contributed by atoms with Gasteiger partial charge in [-0.15, -0.1) is 0 Å². The molecule has 4 heteroatoms. The number of likely N-dealkylation sites (tertiary alicyclic amines) is 1. The number of hydrogen-bond acceptors (Lipinski definition) is 3. The van der Waals surface area contributed by atoms with E-state index < -0.39 is 5.97 Å². The minimum absolute atomic E-state index is 0.323. The number of hydrogen-bond donors (Lipinski definition) is 1. The van der Waals surface area contributed by atoms with Crippen LogP contribution in [0.25, 0.3) is 0 Å². The highest BCUT2D eigenvalue weighted by Gasteiger charge is 2.19. The zero-order valence-electron chi connectivity index (χ0n) is 12.3. The lowest BCUT2D eigenvalue weighted by Crippen LogP contribution is -2.33. The maximum absolute atomic E-state index is 11.1. The van der Waals surface area contributed by atoms with Crippen molar-refractivity contribution in [3.63, 3.8) is 0 Å². The van der Waals surface area contributed by atoms with Crippen LogP contribution in [0.15, 0.2) is 18.2 Å². The first-order valence-corrected chi connectivity index (χ1v) is 7.26. The second-order valence-electron chi connectivity index (χ2n) is 5.46. The highest BCUT2D eigenvalue weighted by atomic mass is 16.5. The summed E-state index contributed by atoms with van der Waals surface area (Å²) in [5.74, 6) is 0.727. The van der Waals surface area contributed by atoms with Crippen LogP contribution in [0.4, 0.5) is 0 Å². The third-order valence-corrected chi connectivity index (χ3v) is 4.21. The number of carboxylic acids is 1. The topological polar surface area (TPSA) is 49.8 Å². The summed E-state index contributed by atoms with van der Waals surface area (Å²) in [6.07, 6.45) is 3.72. The van der Waals surface area contributed by atoms with Crippen LogP contribution in [-0.4, -0.2) is 36.2 Å². The lowest BCUT2D eigenvalue weighted by molar-refractivity contribution is 0.0696. The van der Waals surface area contributed by atoms with Crippen LogP contribution < -0.4 is 4.74 Å². The molecule has 0 atom stereocenters. The van der Waals surface area contributed by atoms with Crippen molar-refractivity contribution in [2.24, 2.45) is 5.92 Å². The van der Waals surface area contributed by atoms with Crippen LogP contribution in [0.5, 0.6) is 5.75 Å². The molecule has 20 heavy (non-hydrogen) atoms. The van der Waals surface area contributed by atoms with Gasteiger partial charge in [-0.3, -0.25) is 4.90 Å². The first-order chi connectivity index (χ1) is 9.63. The predicted molar refractivity (Wildman–Crippen MR) is 78.2 cm³/mol. The zero-order valence-corrected chi connectivity index (χ0v) is 12.3. The molecule has 1 heterocycles. The van der Waals surface area contributed by atoms with E-state index in [2.05, 4.69) is 11.8 Å². The molecule has 0 amide bonds. The molecule has 1 N–H and O–H groups in total. The van der Waals surface area contributed by atoms with Crippen molar-refractivity contribution in [3.8, 4) is 5.75 Å². The van der Waals surface area contributed by atoms with Crippen LogP contribution in [0.3, 0.4) is 0 Å². The van der Waals surface area contributed by atoms with E-state index in [4.69, 9.17) is 9.84 Å². The van der Waals surface area contributed by atoms with Gasteiger partial charge in [0.15, 0.2) is 0 Å². The molecule has 0 aliphatic carbocycles. The molecule has 110 valence electrons. The number of carbonyl (C=O) groups is 1. The van der Waals surface area contributed by atoms with Gasteiger partial charge in [0.1, 0.15) is 5.75 Å². The van der Waals surface area contributed by atoms with E-state index in [0.29, 0.717) is 5.56 Å². The van der Waals surface area contributed by atoms with Crippen molar-refractivity contribution in [2.75, 3.05) is 20.2 Å². The Hall–Kier alpha value is -1.55. The summed E-state index contributed by atoms with van der Waals surface area (Å²) in [6.45, 7) is 5.18. The molecule has 4 nitrogen and oxygen atoms in total. The van der Waals surface area contributed by atoms with Crippen LogP contribution in [0, 0.1) is 5.92 Å². The van der Waals surface area contributed by atoms with Gasteiger partial charge in [-0.05, 0) is 50.0 Å². The Kier molecular flexibility index (Phi) is 5.01. The average molecular weight is 277 g/mol. The van der Waals surface area contributed by atoms with Gasteiger partial charge in [0.25, 0.3) is 0 Å². The number of benzene rings is 1. The second kappa shape index (κ2) is 6.75. The molecule has 0 aromatic heterocycles. The molecule has 1 fully saturated rings. The molecule has 0 bridgehead atoms. The lowest BCUT2D eigenvalue weighted by atomic mass is 9.94. The number of carboxylic acid groups (broad SMARTS) is 1. The van der Waals surface area contributed by atoms with Crippen molar-refractivity contribution in [3.05, 3.63) is 29.3 Å². The van der Waals surface area contributed by atoms with Gasteiger partial charge in [0.2, 0.25) is 0 Å². The molecule has 2 rings (SSSR count). The smallest absolute Gasteiger partial charge is 0.335 e. The van der Waals surface area contributed by atoms with Gasteiger partial charge in [-0.2, -0.15) is 0 Å². The van der Waals surface area contributed by atoms with Crippen molar-refractivity contribution < 1.29 is 14.6 Å². The van der Waals surface area contributed by atoms with Crippen LogP contribution in [0.2, 0.25) is 0 Å². The van der Waals surface area contributed by atoms with E-state index in [9.17, 15) is 4.79 Å². The predicted octanol–water partition coefficient (Wildman–Crippen LogP) is 3.02. The maximum Gasteiger partial charge on any atom is 0.335 e. The van der Waals surface area contributed by atoms with Crippen molar-refractivity contribution in [2.45, 2.75) is 32.7 Å². The van der Waals surface area contributed by atoms with Gasteiger partial charge in [0, 0.05) is 12.1 Å². The number of methoxy groups -OCH3 is 1. The molecule has 0 spiro atoms. The van der Waals surface area contributed by atoms with Crippen molar-refractivity contribution >= 4 is 5.97 Å². The summed E-state index contributed by atoms with van der Waals surface area (Å²) < 4.78 is 5.34. The fourth-order valence-corrected chi connectivity index (χ4v) is 2.83. The third-order valence-electron chi connectivity index (χ3n) is 4.21. The standard InChI is InChI=1S/C16H23NO3/c1-3-12-6-8-17(9-7-12)11-14-10-13(16(18)19)4-5-15(14)20-2/h4-5,10,12H,3,6-9,11H2,1-2H3,(H,18,19). The summed E-state index contributed by atoms with van der Waals surface area (Å²) >= 11 is 0. The maximum atomic E-state index is 11.1. The molecule has 1 saturated heterocycles. The summed E-state index contributed by atoms with van der Waals surface area (Å²) in [5, 5.41) is 9.09. The van der Waals surface area contributed by atoms with Crippen LogP contribution in [-0.2, 0) is 6.54 Å². The number of aromatic carboxylic acids is 1. The fourth-order valence-electron chi connectivity index (χ4n) is 2.83. The fraction of sp³-hybridized carbons (Fsp3) is 0.562. The number of rotatable bonds is 5. The Labute approximate surface area is 120 Å². The molecular weight excluding hydrogens is 254 g/mol. The first kappa shape index (κ1) is 14.9.